The summed E-state index contributed by atoms with van der Waals surface area (Å²) >= 11 is 0. The largest absolute Gasteiger partial charge is 0.484 e. The molecule has 5 nitrogen and oxygen atoms in total. The number of aryl methyl sites for hydroxylation is 1. The summed E-state index contributed by atoms with van der Waals surface area (Å²) in [6.07, 6.45) is 1.50. The van der Waals surface area contributed by atoms with Crippen LogP contribution in [0.3, 0.4) is 0 Å². The number of carbonyl (C=O) groups is 1. The first kappa shape index (κ1) is 13.8. The standard InChI is InChI=1S/C14H13FN2O3/c1-17-8-11(5-6-14(17)19)16-13(18)9-20-12-4-2-3-10(15)7-12/h2-8H,9H2,1H3,(H,16,18). The lowest BCUT2D eigenvalue weighted by molar-refractivity contribution is -0.118. The Kier molecular flexibility index (Phi) is 4.14. The maximum absolute atomic E-state index is 12.9. The van der Waals surface area contributed by atoms with Crippen LogP contribution in [0, 0.1) is 5.82 Å². The van der Waals surface area contributed by atoms with Gasteiger partial charge < -0.3 is 14.6 Å². The molecule has 20 heavy (non-hydrogen) atoms. The van der Waals surface area contributed by atoms with Gasteiger partial charge in [0.05, 0.1) is 5.69 Å². The van der Waals surface area contributed by atoms with Crippen molar-refractivity contribution in [3.05, 3.63) is 58.8 Å². The monoisotopic (exact) mass is 276 g/mol. The van der Waals surface area contributed by atoms with E-state index >= 15 is 0 Å². The third-order valence-electron chi connectivity index (χ3n) is 2.54. The normalized spacial score (nSPS) is 10.1. The predicted molar refractivity (Wildman–Crippen MR) is 72.2 cm³/mol. The molecular weight excluding hydrogens is 263 g/mol. The zero-order chi connectivity index (χ0) is 14.5. The first-order valence-electron chi connectivity index (χ1n) is 5.89. The molecule has 1 aromatic heterocycles. The van der Waals surface area contributed by atoms with Crippen LogP contribution >= 0.6 is 0 Å². The molecule has 0 unspecified atom stereocenters. The van der Waals surface area contributed by atoms with Crippen molar-refractivity contribution in [3.63, 3.8) is 0 Å². The number of carbonyl (C=O) groups excluding carboxylic acids is 1. The molecule has 0 atom stereocenters. The highest BCUT2D eigenvalue weighted by atomic mass is 19.1. The van der Waals surface area contributed by atoms with E-state index in [1.54, 1.807) is 13.1 Å². The summed E-state index contributed by atoms with van der Waals surface area (Å²) in [6.45, 7) is -0.244. The number of nitrogens with one attached hydrogen (secondary N) is 1. The lowest BCUT2D eigenvalue weighted by Crippen LogP contribution is -2.22. The summed E-state index contributed by atoms with van der Waals surface area (Å²) in [4.78, 5) is 22.8. The summed E-state index contributed by atoms with van der Waals surface area (Å²) in [6, 6.07) is 8.39. The third kappa shape index (κ3) is 3.68. The van der Waals surface area contributed by atoms with E-state index in [1.807, 2.05) is 0 Å². The van der Waals surface area contributed by atoms with Crippen LogP contribution in [0.4, 0.5) is 10.1 Å². The molecule has 1 amide bonds. The number of halogens is 1. The zero-order valence-corrected chi connectivity index (χ0v) is 10.8. The fraction of sp³-hybridized carbons (Fsp3) is 0.143. The molecule has 0 radical (unpaired) electrons. The van der Waals surface area contributed by atoms with E-state index in [0.717, 1.165) is 0 Å². The number of benzene rings is 1. The summed E-state index contributed by atoms with van der Waals surface area (Å²) in [5.41, 5.74) is 0.318. The van der Waals surface area contributed by atoms with Crippen LogP contribution in [0.2, 0.25) is 0 Å². The van der Waals surface area contributed by atoms with Gasteiger partial charge in [-0.2, -0.15) is 0 Å². The van der Waals surface area contributed by atoms with Crippen molar-refractivity contribution in [2.24, 2.45) is 7.05 Å². The van der Waals surface area contributed by atoms with E-state index in [9.17, 15) is 14.0 Å². The van der Waals surface area contributed by atoms with Crippen molar-refractivity contribution in [3.8, 4) is 5.75 Å². The topological polar surface area (TPSA) is 60.3 Å². The molecule has 6 heteroatoms. The van der Waals surface area contributed by atoms with Gasteiger partial charge in [-0.05, 0) is 18.2 Å². The van der Waals surface area contributed by atoms with Crippen molar-refractivity contribution >= 4 is 11.6 Å². The number of rotatable bonds is 4. The molecule has 0 aliphatic rings. The van der Waals surface area contributed by atoms with Crippen LogP contribution in [-0.4, -0.2) is 17.1 Å². The molecule has 0 aliphatic heterocycles. The van der Waals surface area contributed by atoms with E-state index in [1.165, 1.54) is 41.1 Å². The van der Waals surface area contributed by atoms with Crippen molar-refractivity contribution < 1.29 is 13.9 Å². The Morgan fingerprint density at radius 3 is 2.85 bits per heavy atom. The molecule has 0 saturated heterocycles. The smallest absolute Gasteiger partial charge is 0.262 e. The average Bonchev–Trinajstić information content (AvgIpc) is 2.41. The van der Waals surface area contributed by atoms with Gasteiger partial charge in [0, 0.05) is 25.4 Å². The molecule has 1 heterocycles. The second-order valence-electron chi connectivity index (χ2n) is 4.16. The summed E-state index contributed by atoms with van der Waals surface area (Å²) in [7, 11) is 1.58. The second kappa shape index (κ2) is 6.01. The van der Waals surface area contributed by atoms with E-state index in [0.29, 0.717) is 5.69 Å². The Morgan fingerprint density at radius 2 is 2.15 bits per heavy atom. The van der Waals surface area contributed by atoms with Crippen LogP contribution in [0.15, 0.2) is 47.4 Å². The zero-order valence-electron chi connectivity index (χ0n) is 10.8. The van der Waals surface area contributed by atoms with Gasteiger partial charge in [-0.3, -0.25) is 9.59 Å². The summed E-state index contributed by atoms with van der Waals surface area (Å²) < 4.78 is 19.4. The van der Waals surface area contributed by atoms with Crippen LogP contribution < -0.4 is 15.6 Å². The van der Waals surface area contributed by atoms with Crippen LogP contribution in [0.5, 0.6) is 5.75 Å². The minimum Gasteiger partial charge on any atom is -0.484 e. The first-order valence-corrected chi connectivity index (χ1v) is 5.89. The SMILES string of the molecule is Cn1cc(NC(=O)COc2cccc(F)c2)ccc1=O. The van der Waals surface area contributed by atoms with E-state index in [-0.39, 0.29) is 17.9 Å². The Balaban J connectivity index is 1.92. The number of hydrogen-bond acceptors (Lipinski definition) is 3. The van der Waals surface area contributed by atoms with Crippen molar-refractivity contribution in [1.82, 2.24) is 4.57 Å². The maximum atomic E-state index is 12.9. The van der Waals surface area contributed by atoms with E-state index < -0.39 is 11.7 Å². The van der Waals surface area contributed by atoms with Crippen molar-refractivity contribution in [1.29, 1.82) is 0 Å². The van der Waals surface area contributed by atoms with E-state index in [4.69, 9.17) is 4.74 Å². The number of amides is 1. The Morgan fingerprint density at radius 1 is 1.35 bits per heavy atom. The molecule has 2 aromatic rings. The molecule has 0 aliphatic carbocycles. The van der Waals surface area contributed by atoms with Crippen LogP contribution in [-0.2, 0) is 11.8 Å². The van der Waals surface area contributed by atoms with Crippen LogP contribution in [0.1, 0.15) is 0 Å². The molecular formula is C14H13FN2O3. The summed E-state index contributed by atoms with van der Waals surface area (Å²) in [5, 5.41) is 2.58. The third-order valence-corrected chi connectivity index (χ3v) is 2.54. The van der Waals surface area contributed by atoms with Gasteiger partial charge in [-0.25, -0.2) is 4.39 Å². The summed E-state index contributed by atoms with van der Waals surface area (Å²) in [5.74, 6) is -0.547. The number of nitrogens with zero attached hydrogens (tertiary/aromatic N) is 1. The van der Waals surface area contributed by atoms with Gasteiger partial charge in [0.25, 0.3) is 5.91 Å². The molecule has 0 bridgehead atoms. The lowest BCUT2D eigenvalue weighted by Gasteiger charge is -2.08. The Hall–Kier alpha value is -2.63. The van der Waals surface area contributed by atoms with Gasteiger partial charge in [-0.15, -0.1) is 0 Å². The number of hydrogen-bond donors (Lipinski definition) is 1. The minimum absolute atomic E-state index is 0.168. The fourth-order valence-electron chi connectivity index (χ4n) is 1.57. The van der Waals surface area contributed by atoms with Crippen LogP contribution in [0.25, 0.3) is 0 Å². The Labute approximate surface area is 114 Å². The van der Waals surface area contributed by atoms with Crippen molar-refractivity contribution in [2.45, 2.75) is 0 Å². The lowest BCUT2D eigenvalue weighted by atomic mass is 10.3. The van der Waals surface area contributed by atoms with Crippen molar-refractivity contribution in [2.75, 3.05) is 11.9 Å². The quantitative estimate of drug-likeness (QED) is 0.921. The van der Waals surface area contributed by atoms with E-state index in [2.05, 4.69) is 5.32 Å². The Bertz CT molecular complexity index is 682. The van der Waals surface area contributed by atoms with Gasteiger partial charge in [0.1, 0.15) is 11.6 Å². The molecule has 2 rings (SSSR count). The van der Waals surface area contributed by atoms with Gasteiger partial charge in [-0.1, -0.05) is 6.07 Å². The van der Waals surface area contributed by atoms with Gasteiger partial charge >= 0.3 is 0 Å². The molecule has 1 aromatic carbocycles. The molecule has 0 saturated carbocycles. The number of aromatic nitrogens is 1. The molecule has 1 N–H and O–H groups in total. The molecule has 0 fully saturated rings. The van der Waals surface area contributed by atoms with Gasteiger partial charge in [0.2, 0.25) is 5.56 Å². The van der Waals surface area contributed by atoms with Gasteiger partial charge in [0.15, 0.2) is 6.61 Å². The molecule has 0 spiro atoms. The highest BCUT2D eigenvalue weighted by Crippen LogP contribution is 2.11. The highest BCUT2D eigenvalue weighted by molar-refractivity contribution is 5.91. The highest BCUT2D eigenvalue weighted by Gasteiger charge is 2.05. The average molecular weight is 276 g/mol. The first-order chi connectivity index (χ1) is 9.54. The number of pyridine rings is 1. The minimum atomic E-state index is -0.430. The molecule has 104 valence electrons. The predicted octanol–water partition coefficient (Wildman–Crippen LogP) is 1.54. The second-order valence-corrected chi connectivity index (χ2v) is 4.16. The maximum Gasteiger partial charge on any atom is 0.262 e. The fourth-order valence-corrected chi connectivity index (χ4v) is 1.57. The number of anilines is 1. The number of ether oxygens (including phenoxy) is 1.